The molecule has 1 aromatic rings. The number of nitrogens with one attached hydrogen (secondary N) is 3. The van der Waals surface area contributed by atoms with Crippen LogP contribution in [0, 0.1) is 5.92 Å². The lowest BCUT2D eigenvalue weighted by atomic mass is 9.87. The highest BCUT2D eigenvalue weighted by atomic mass is 16.5. The molecule has 0 fully saturated rings. The first kappa shape index (κ1) is 28.1. The molecular formula is C25H39N3O5. The lowest BCUT2D eigenvalue weighted by Gasteiger charge is -2.19. The predicted octanol–water partition coefficient (Wildman–Crippen LogP) is 2.70. The molecule has 8 heteroatoms. The molecule has 8 nitrogen and oxygen atoms in total. The molecule has 0 spiro atoms. The van der Waals surface area contributed by atoms with Crippen LogP contribution in [0.3, 0.4) is 0 Å². The van der Waals surface area contributed by atoms with E-state index in [9.17, 15) is 19.2 Å². The largest absolute Gasteiger partial charge is 0.467 e. The van der Waals surface area contributed by atoms with Gasteiger partial charge in [-0.15, -0.1) is 0 Å². The van der Waals surface area contributed by atoms with Gasteiger partial charge in [0.15, 0.2) is 0 Å². The van der Waals surface area contributed by atoms with Crippen LogP contribution in [-0.2, 0) is 24.5 Å². The number of amides is 3. The van der Waals surface area contributed by atoms with Gasteiger partial charge in [0.1, 0.15) is 6.04 Å². The van der Waals surface area contributed by atoms with Gasteiger partial charge in [0, 0.05) is 31.5 Å². The summed E-state index contributed by atoms with van der Waals surface area (Å²) >= 11 is 0. The maximum Gasteiger partial charge on any atom is 0.328 e. The number of rotatable bonds is 12. The summed E-state index contributed by atoms with van der Waals surface area (Å²) in [6, 6.07) is 6.78. The Hall–Kier alpha value is -2.90. The Kier molecular flexibility index (Phi) is 11.6. The summed E-state index contributed by atoms with van der Waals surface area (Å²) in [5.41, 5.74) is 1.72. The van der Waals surface area contributed by atoms with Crippen LogP contribution in [0.15, 0.2) is 24.3 Å². The van der Waals surface area contributed by atoms with Gasteiger partial charge >= 0.3 is 5.97 Å². The van der Waals surface area contributed by atoms with Gasteiger partial charge in [-0.2, -0.15) is 0 Å². The van der Waals surface area contributed by atoms with E-state index >= 15 is 0 Å². The minimum Gasteiger partial charge on any atom is -0.467 e. The van der Waals surface area contributed by atoms with Crippen LogP contribution in [0.25, 0.3) is 0 Å². The van der Waals surface area contributed by atoms with Crippen molar-refractivity contribution in [1.82, 2.24) is 16.0 Å². The zero-order chi connectivity index (χ0) is 25.0. The Balaban J connectivity index is 2.27. The number of esters is 1. The number of methoxy groups -OCH3 is 1. The highest BCUT2D eigenvalue weighted by Crippen LogP contribution is 2.22. The van der Waals surface area contributed by atoms with Crippen molar-refractivity contribution >= 4 is 23.7 Å². The van der Waals surface area contributed by atoms with Crippen molar-refractivity contribution in [3.8, 4) is 0 Å². The fourth-order valence-corrected chi connectivity index (χ4v) is 3.17. The molecule has 0 aromatic heterocycles. The fourth-order valence-electron chi connectivity index (χ4n) is 3.17. The van der Waals surface area contributed by atoms with Crippen LogP contribution in [0.5, 0.6) is 0 Å². The summed E-state index contributed by atoms with van der Waals surface area (Å²) in [4.78, 5) is 48.0. The molecule has 184 valence electrons. The standard InChI is InChI=1S/C25H39N3O5/c1-17(2)16-20(24(32)33-6)28-22(30)8-7-14-26-21(29)13-15-27-23(31)18-9-11-19(12-10-18)25(3,4)5/h9-12,17,20H,7-8,13-16H2,1-6H3,(H,26,29)(H,27,31)(H,28,30)/t20-/m0/s1. The fraction of sp³-hybridized carbons (Fsp3) is 0.600. The molecule has 0 aliphatic heterocycles. The molecule has 0 heterocycles. The van der Waals surface area contributed by atoms with Crippen molar-refractivity contribution in [2.24, 2.45) is 5.92 Å². The zero-order valence-electron chi connectivity index (χ0n) is 20.7. The van der Waals surface area contributed by atoms with E-state index in [0.29, 0.717) is 24.9 Å². The van der Waals surface area contributed by atoms with Crippen LogP contribution < -0.4 is 16.0 Å². The minimum atomic E-state index is -0.662. The molecule has 33 heavy (non-hydrogen) atoms. The average Bonchev–Trinajstić information content (AvgIpc) is 2.74. The first-order valence-electron chi connectivity index (χ1n) is 11.5. The van der Waals surface area contributed by atoms with Crippen LogP contribution in [0.2, 0.25) is 0 Å². The first-order valence-corrected chi connectivity index (χ1v) is 11.5. The Labute approximate surface area is 197 Å². The molecule has 0 bridgehead atoms. The third kappa shape index (κ3) is 11.0. The molecule has 1 atom stereocenters. The zero-order valence-corrected chi connectivity index (χ0v) is 20.7. The average molecular weight is 462 g/mol. The molecule has 1 rings (SSSR count). The summed E-state index contributed by atoms with van der Waals surface area (Å²) in [5.74, 6) is -0.910. The molecular weight excluding hydrogens is 422 g/mol. The van der Waals surface area contributed by atoms with E-state index in [1.54, 1.807) is 12.1 Å². The Morgan fingerprint density at radius 1 is 0.909 bits per heavy atom. The second-order valence-electron chi connectivity index (χ2n) is 9.56. The van der Waals surface area contributed by atoms with E-state index in [-0.39, 0.29) is 48.4 Å². The highest BCUT2D eigenvalue weighted by molar-refractivity contribution is 5.94. The number of ether oxygens (including phenoxy) is 1. The number of hydrogen-bond acceptors (Lipinski definition) is 5. The van der Waals surface area contributed by atoms with Gasteiger partial charge in [-0.25, -0.2) is 4.79 Å². The van der Waals surface area contributed by atoms with E-state index in [1.807, 2.05) is 26.0 Å². The van der Waals surface area contributed by atoms with E-state index in [1.165, 1.54) is 7.11 Å². The van der Waals surface area contributed by atoms with Gasteiger partial charge in [0.05, 0.1) is 7.11 Å². The second kappa shape index (κ2) is 13.6. The van der Waals surface area contributed by atoms with Crippen molar-refractivity contribution in [3.05, 3.63) is 35.4 Å². The summed E-state index contributed by atoms with van der Waals surface area (Å²) in [6.07, 6.45) is 1.28. The van der Waals surface area contributed by atoms with Crippen molar-refractivity contribution in [2.45, 2.75) is 71.8 Å². The Morgan fingerprint density at radius 3 is 2.09 bits per heavy atom. The number of benzene rings is 1. The number of carbonyl (C=O) groups is 4. The van der Waals surface area contributed by atoms with E-state index < -0.39 is 12.0 Å². The molecule has 0 unspecified atom stereocenters. The highest BCUT2D eigenvalue weighted by Gasteiger charge is 2.22. The molecule has 1 aromatic carbocycles. The van der Waals surface area contributed by atoms with E-state index in [2.05, 4.69) is 36.7 Å². The SMILES string of the molecule is COC(=O)[C@H](CC(C)C)NC(=O)CCCNC(=O)CCNC(=O)c1ccc(C(C)(C)C)cc1. The number of hydrogen-bond donors (Lipinski definition) is 3. The normalized spacial score (nSPS) is 12.1. The van der Waals surface area contributed by atoms with Gasteiger partial charge in [-0.3, -0.25) is 14.4 Å². The lowest BCUT2D eigenvalue weighted by molar-refractivity contribution is -0.145. The van der Waals surface area contributed by atoms with Gasteiger partial charge in [0.2, 0.25) is 11.8 Å². The molecule has 3 amide bonds. The molecule has 0 aliphatic carbocycles. The molecule has 0 saturated carbocycles. The van der Waals surface area contributed by atoms with Crippen molar-refractivity contribution < 1.29 is 23.9 Å². The third-order valence-electron chi connectivity index (χ3n) is 5.08. The lowest BCUT2D eigenvalue weighted by Crippen LogP contribution is -2.42. The summed E-state index contributed by atoms with van der Waals surface area (Å²) < 4.78 is 4.73. The topological polar surface area (TPSA) is 114 Å². The quantitative estimate of drug-likeness (QED) is 0.327. The molecule has 3 N–H and O–H groups in total. The van der Waals surface area contributed by atoms with Gasteiger partial charge < -0.3 is 20.7 Å². The number of carbonyl (C=O) groups excluding carboxylic acids is 4. The minimum absolute atomic E-state index is 0.0188. The molecule has 0 radical (unpaired) electrons. The second-order valence-corrected chi connectivity index (χ2v) is 9.56. The van der Waals surface area contributed by atoms with Crippen LogP contribution in [0.1, 0.15) is 76.2 Å². The van der Waals surface area contributed by atoms with Gasteiger partial charge in [-0.1, -0.05) is 46.8 Å². The van der Waals surface area contributed by atoms with Crippen molar-refractivity contribution in [2.75, 3.05) is 20.2 Å². The van der Waals surface area contributed by atoms with Crippen molar-refractivity contribution in [1.29, 1.82) is 0 Å². The molecule has 0 aliphatic rings. The predicted molar refractivity (Wildman–Crippen MR) is 128 cm³/mol. The van der Waals surface area contributed by atoms with Gasteiger partial charge in [0.25, 0.3) is 5.91 Å². The molecule has 0 saturated heterocycles. The smallest absolute Gasteiger partial charge is 0.328 e. The third-order valence-corrected chi connectivity index (χ3v) is 5.08. The summed E-state index contributed by atoms with van der Waals surface area (Å²) in [7, 11) is 1.29. The summed E-state index contributed by atoms with van der Waals surface area (Å²) in [6.45, 7) is 10.8. The van der Waals surface area contributed by atoms with Crippen LogP contribution in [0.4, 0.5) is 0 Å². The van der Waals surface area contributed by atoms with Gasteiger partial charge in [-0.05, 0) is 41.9 Å². The maximum atomic E-state index is 12.2. The maximum absolute atomic E-state index is 12.2. The van der Waals surface area contributed by atoms with E-state index in [4.69, 9.17) is 4.74 Å². The summed E-state index contributed by atoms with van der Waals surface area (Å²) in [5, 5.41) is 8.16. The Morgan fingerprint density at radius 2 is 1.55 bits per heavy atom. The van der Waals surface area contributed by atoms with Crippen LogP contribution in [-0.4, -0.2) is 49.9 Å². The van der Waals surface area contributed by atoms with E-state index in [0.717, 1.165) is 5.56 Å². The van der Waals surface area contributed by atoms with Crippen LogP contribution >= 0.6 is 0 Å². The van der Waals surface area contributed by atoms with Crippen molar-refractivity contribution in [3.63, 3.8) is 0 Å². The first-order chi connectivity index (χ1) is 15.4. The monoisotopic (exact) mass is 461 g/mol. The Bertz CT molecular complexity index is 797.